The first kappa shape index (κ1) is 23.6. The Balaban J connectivity index is 1.42. The van der Waals surface area contributed by atoms with E-state index < -0.39 is 40.3 Å². The van der Waals surface area contributed by atoms with Crippen LogP contribution < -0.4 is 14.8 Å². The third-order valence-electron chi connectivity index (χ3n) is 6.15. The van der Waals surface area contributed by atoms with Crippen molar-refractivity contribution in [2.75, 3.05) is 13.1 Å². The van der Waals surface area contributed by atoms with Gasteiger partial charge in [-0.05, 0) is 36.4 Å². The lowest BCUT2D eigenvalue weighted by molar-refractivity contribution is -0.274. The third kappa shape index (κ3) is 4.59. The van der Waals surface area contributed by atoms with Gasteiger partial charge in [-0.2, -0.15) is 0 Å². The van der Waals surface area contributed by atoms with Crippen LogP contribution in [0.1, 0.15) is 6.04 Å². The van der Waals surface area contributed by atoms with E-state index in [0.717, 1.165) is 46.1 Å². The molecule has 35 heavy (non-hydrogen) atoms. The lowest BCUT2D eigenvalue weighted by atomic mass is 9.99. The van der Waals surface area contributed by atoms with Crippen molar-refractivity contribution in [1.82, 2.24) is 14.6 Å². The minimum Gasteiger partial charge on any atom is -0.406 e. The molecule has 0 saturated carbocycles. The van der Waals surface area contributed by atoms with Gasteiger partial charge in [-0.3, -0.25) is 0 Å². The summed E-state index contributed by atoms with van der Waals surface area (Å²) in [6.07, 6.45) is -5.95. The van der Waals surface area contributed by atoms with Crippen molar-refractivity contribution in [3.63, 3.8) is 0 Å². The summed E-state index contributed by atoms with van der Waals surface area (Å²) in [5.41, 5.74) is 1.84. The summed E-state index contributed by atoms with van der Waals surface area (Å²) in [5, 5.41) is 16.5. The van der Waals surface area contributed by atoms with Crippen molar-refractivity contribution in [2.45, 2.75) is 29.4 Å². The summed E-state index contributed by atoms with van der Waals surface area (Å²) in [6, 6.07) is 18.2. The Morgan fingerprint density at radius 2 is 1.49 bits per heavy atom. The number of rotatable bonds is 5. The molecule has 1 aliphatic heterocycles. The van der Waals surface area contributed by atoms with Crippen LogP contribution >= 0.6 is 0 Å². The van der Waals surface area contributed by atoms with E-state index in [-0.39, 0.29) is 11.4 Å². The second-order valence-corrected chi connectivity index (χ2v) is 10.1. The molecule has 0 unspecified atom stereocenters. The van der Waals surface area contributed by atoms with E-state index in [4.69, 9.17) is 0 Å². The molecule has 1 aliphatic rings. The number of ether oxygens (including phenoxy) is 1. The molecule has 0 aliphatic carbocycles. The van der Waals surface area contributed by atoms with Crippen molar-refractivity contribution in [2.24, 2.45) is 0 Å². The summed E-state index contributed by atoms with van der Waals surface area (Å²) in [6.45, 7) is 0.606. The van der Waals surface area contributed by atoms with E-state index >= 15 is 0 Å². The third-order valence-corrected chi connectivity index (χ3v) is 7.65. The SMILES string of the molecule is O=S(=O)(N[C@@H]1CNC[C@H](n2c3ccccc3c3ccccc32)[C@H]1O)c1ccc(OC(F)(F)F)cc1. The van der Waals surface area contributed by atoms with Gasteiger partial charge in [-0.15, -0.1) is 13.2 Å². The Labute approximate surface area is 199 Å². The second-order valence-electron chi connectivity index (χ2n) is 8.37. The lowest BCUT2D eigenvalue weighted by Gasteiger charge is -2.37. The van der Waals surface area contributed by atoms with Gasteiger partial charge in [0.25, 0.3) is 0 Å². The first-order valence-electron chi connectivity index (χ1n) is 10.9. The fraction of sp³-hybridized carbons (Fsp3) is 0.250. The van der Waals surface area contributed by atoms with Crippen LogP contribution in [0, 0.1) is 0 Å². The molecule has 0 radical (unpaired) electrons. The van der Waals surface area contributed by atoms with Crippen LogP contribution in [0.2, 0.25) is 0 Å². The molecule has 3 aromatic carbocycles. The zero-order valence-corrected chi connectivity index (χ0v) is 19.1. The topological polar surface area (TPSA) is 92.6 Å². The quantitative estimate of drug-likeness (QED) is 0.386. The fourth-order valence-corrected chi connectivity index (χ4v) is 5.90. The predicted octanol–water partition coefficient (Wildman–Crippen LogP) is 3.55. The Morgan fingerprint density at radius 3 is 2.06 bits per heavy atom. The number of alkyl halides is 3. The van der Waals surface area contributed by atoms with Crippen molar-refractivity contribution < 1.29 is 31.4 Å². The van der Waals surface area contributed by atoms with Crippen LogP contribution in [0.3, 0.4) is 0 Å². The maximum Gasteiger partial charge on any atom is 0.573 e. The van der Waals surface area contributed by atoms with Gasteiger partial charge in [0.1, 0.15) is 5.75 Å². The Bertz CT molecular complexity index is 1420. The highest BCUT2D eigenvalue weighted by Gasteiger charge is 2.37. The summed E-state index contributed by atoms with van der Waals surface area (Å²) >= 11 is 0. The maximum absolute atomic E-state index is 12.9. The number of halogens is 3. The normalized spacial score (nSPS) is 21.4. The summed E-state index contributed by atoms with van der Waals surface area (Å²) in [4.78, 5) is -0.238. The van der Waals surface area contributed by atoms with Gasteiger partial charge in [-0.25, -0.2) is 13.1 Å². The zero-order chi connectivity index (χ0) is 24.8. The lowest BCUT2D eigenvalue weighted by Crippen LogP contribution is -2.58. The van der Waals surface area contributed by atoms with Gasteiger partial charge in [-0.1, -0.05) is 36.4 Å². The standard InChI is InChI=1S/C24H22F3N3O4S/c25-24(26,27)34-15-9-11-16(12-10-15)35(32,33)29-19-13-28-14-22(23(19)31)30-20-7-3-1-5-17(20)18-6-2-4-8-21(18)30/h1-12,19,22-23,28-29,31H,13-14H2/t19-,22+,23+/m1/s1. The van der Waals surface area contributed by atoms with E-state index in [9.17, 15) is 26.7 Å². The summed E-state index contributed by atoms with van der Waals surface area (Å²) < 4.78 is 71.4. The average molecular weight is 506 g/mol. The smallest absolute Gasteiger partial charge is 0.406 e. The highest BCUT2D eigenvalue weighted by Crippen LogP contribution is 2.34. The summed E-state index contributed by atoms with van der Waals surface area (Å²) in [7, 11) is -4.13. The molecule has 1 aromatic heterocycles. The number of aromatic nitrogens is 1. The Hall–Kier alpha value is -3.12. The van der Waals surface area contributed by atoms with Crippen molar-refractivity contribution in [3.8, 4) is 5.75 Å². The van der Waals surface area contributed by atoms with Gasteiger partial charge >= 0.3 is 6.36 Å². The van der Waals surface area contributed by atoms with E-state index in [2.05, 4.69) is 14.8 Å². The molecule has 11 heteroatoms. The van der Waals surface area contributed by atoms with Crippen LogP contribution in [0.5, 0.6) is 5.75 Å². The monoisotopic (exact) mass is 505 g/mol. The molecule has 0 bridgehead atoms. The molecule has 7 nitrogen and oxygen atoms in total. The van der Waals surface area contributed by atoms with Crippen molar-refractivity contribution >= 4 is 31.8 Å². The molecule has 184 valence electrons. The Kier molecular flexibility index (Phi) is 5.96. The van der Waals surface area contributed by atoms with Crippen LogP contribution in [0.4, 0.5) is 13.2 Å². The number of hydrogen-bond donors (Lipinski definition) is 3. The molecule has 3 N–H and O–H groups in total. The number of piperidine rings is 1. The van der Waals surface area contributed by atoms with Gasteiger partial charge in [0.15, 0.2) is 0 Å². The average Bonchev–Trinajstić information content (AvgIpc) is 3.14. The molecular weight excluding hydrogens is 483 g/mol. The van der Waals surface area contributed by atoms with Crippen LogP contribution in [-0.2, 0) is 10.0 Å². The fourth-order valence-electron chi connectivity index (χ4n) is 4.65. The number of hydrogen-bond acceptors (Lipinski definition) is 5. The maximum atomic E-state index is 12.9. The Morgan fingerprint density at radius 1 is 0.914 bits per heavy atom. The van der Waals surface area contributed by atoms with Gasteiger partial charge in [0.2, 0.25) is 10.0 Å². The summed E-state index contributed by atoms with van der Waals surface area (Å²) in [5.74, 6) is -0.526. The molecule has 5 rings (SSSR count). The van der Waals surface area contributed by atoms with Crippen LogP contribution in [-0.4, -0.2) is 49.7 Å². The van der Waals surface area contributed by atoms with Gasteiger partial charge in [0, 0.05) is 34.9 Å². The largest absolute Gasteiger partial charge is 0.573 e. The molecule has 1 saturated heterocycles. The number of benzene rings is 3. The highest BCUT2D eigenvalue weighted by molar-refractivity contribution is 7.89. The first-order valence-corrected chi connectivity index (χ1v) is 12.4. The second kappa shape index (κ2) is 8.83. The molecule has 4 aromatic rings. The van der Waals surface area contributed by atoms with E-state index in [1.165, 1.54) is 0 Å². The zero-order valence-electron chi connectivity index (χ0n) is 18.2. The van der Waals surface area contributed by atoms with Gasteiger partial charge < -0.3 is 19.7 Å². The molecule has 0 spiro atoms. The predicted molar refractivity (Wildman–Crippen MR) is 125 cm³/mol. The van der Waals surface area contributed by atoms with Crippen molar-refractivity contribution in [1.29, 1.82) is 0 Å². The van der Waals surface area contributed by atoms with E-state index in [0.29, 0.717) is 6.54 Å². The molecule has 2 heterocycles. The number of aliphatic hydroxyl groups is 1. The minimum atomic E-state index is -4.88. The number of nitrogens with one attached hydrogen (secondary N) is 2. The van der Waals surface area contributed by atoms with Crippen molar-refractivity contribution in [3.05, 3.63) is 72.8 Å². The molecule has 0 amide bonds. The number of fused-ring (bicyclic) bond motifs is 3. The van der Waals surface area contributed by atoms with Gasteiger partial charge in [0.05, 0.1) is 23.1 Å². The molecular formula is C24H22F3N3O4S. The molecule has 1 fully saturated rings. The number of para-hydroxylation sites is 2. The van der Waals surface area contributed by atoms with E-state index in [1.807, 2.05) is 53.1 Å². The van der Waals surface area contributed by atoms with E-state index in [1.54, 1.807) is 0 Å². The first-order chi connectivity index (χ1) is 16.6. The molecule has 3 atom stereocenters. The number of nitrogens with zero attached hydrogens (tertiary/aromatic N) is 1. The van der Waals surface area contributed by atoms with Crippen LogP contribution in [0.25, 0.3) is 21.8 Å². The van der Waals surface area contributed by atoms with Crippen LogP contribution in [0.15, 0.2) is 77.7 Å². The number of sulfonamides is 1. The minimum absolute atomic E-state index is 0.184. The highest BCUT2D eigenvalue weighted by atomic mass is 32.2. The number of aliphatic hydroxyl groups excluding tert-OH is 1.